The van der Waals surface area contributed by atoms with Crippen LogP contribution in [0.15, 0.2) is 227 Å². The zero-order valence-corrected chi connectivity index (χ0v) is 40.4. The largest absolute Gasteiger partial charge is 0.454 e. The lowest BCUT2D eigenvalue weighted by Gasteiger charge is -2.26. The smallest absolute Gasteiger partial charge is 0.159 e. The second-order valence-electron chi connectivity index (χ2n) is 20.1. The van der Waals surface area contributed by atoms with Crippen molar-refractivity contribution in [1.29, 1.82) is 0 Å². The number of aromatic nitrogens is 2. The van der Waals surface area contributed by atoms with Gasteiger partial charge < -0.3 is 27.4 Å². The van der Waals surface area contributed by atoms with Crippen molar-refractivity contribution in [3.05, 3.63) is 230 Å². The Bertz CT molecular complexity index is 4850. The standard InChI is InChI=1S/C68H42N4O2/c1-39-17-13-25-45-47-27-15-31-57(67(47)73-65(39)45)69(41-19-5-3-6-20-41)55-35-33-43-51-37-60-52(38-59(51)71-53-29-11-9-23-49(53)61(55)63(43)71)44-34-36-56(62-50-24-10-12-30-54(50)72(60)64(44)62)70(42-21-7-4-8-22-42)58-32-16-28-48-46-26-14-18-40(2)66(46)74-68(48)58/h3-38H,1-2H3. The van der Waals surface area contributed by atoms with E-state index in [1.807, 2.05) is 0 Å². The summed E-state index contributed by atoms with van der Waals surface area (Å²) in [5, 5.41) is 14.2. The molecule has 74 heavy (non-hydrogen) atoms. The first-order chi connectivity index (χ1) is 36.6. The normalized spacial score (nSPS) is 12.5. The second kappa shape index (κ2) is 14.4. The van der Waals surface area contributed by atoms with Gasteiger partial charge in [-0.25, -0.2) is 0 Å². The molecular formula is C68H42N4O2. The van der Waals surface area contributed by atoms with E-state index in [1.54, 1.807) is 0 Å². The first-order valence-electron chi connectivity index (χ1n) is 25.4. The van der Waals surface area contributed by atoms with Gasteiger partial charge in [-0.3, -0.25) is 0 Å². The fourth-order valence-electron chi connectivity index (χ4n) is 13.1. The summed E-state index contributed by atoms with van der Waals surface area (Å²) in [4.78, 5) is 4.81. The van der Waals surface area contributed by atoms with Gasteiger partial charge in [0.1, 0.15) is 11.2 Å². The van der Waals surface area contributed by atoms with E-state index in [2.05, 4.69) is 251 Å². The van der Waals surface area contributed by atoms with Crippen LogP contribution in [0.25, 0.3) is 120 Å². The average Bonchev–Trinajstić information content (AvgIpc) is 4.31. The summed E-state index contributed by atoms with van der Waals surface area (Å²) >= 11 is 0. The number of nitrogens with zero attached hydrogens (tertiary/aromatic N) is 4. The Morgan fingerprint density at radius 3 is 1.11 bits per heavy atom. The molecule has 0 aliphatic rings. The van der Waals surface area contributed by atoms with Crippen LogP contribution in [-0.4, -0.2) is 8.80 Å². The van der Waals surface area contributed by atoms with Gasteiger partial charge in [0, 0.05) is 76.0 Å². The van der Waals surface area contributed by atoms with Crippen molar-refractivity contribution in [1.82, 2.24) is 8.80 Å². The summed E-state index contributed by atoms with van der Waals surface area (Å²) in [6.07, 6.45) is 0. The second-order valence-corrected chi connectivity index (χ2v) is 20.1. The Labute approximate surface area is 423 Å². The molecule has 0 bridgehead atoms. The summed E-state index contributed by atoms with van der Waals surface area (Å²) in [7, 11) is 0. The minimum atomic E-state index is 0.872. The third-order valence-electron chi connectivity index (χ3n) is 16.2. The molecule has 17 aromatic rings. The molecule has 6 heterocycles. The van der Waals surface area contributed by atoms with Crippen molar-refractivity contribution in [2.75, 3.05) is 9.80 Å². The van der Waals surface area contributed by atoms with Gasteiger partial charge in [-0.2, -0.15) is 0 Å². The van der Waals surface area contributed by atoms with E-state index >= 15 is 0 Å². The van der Waals surface area contributed by atoms with Crippen molar-refractivity contribution in [3.8, 4) is 0 Å². The van der Waals surface area contributed by atoms with Gasteiger partial charge >= 0.3 is 0 Å². The summed E-state index contributed by atoms with van der Waals surface area (Å²) < 4.78 is 18.8. The highest BCUT2D eigenvalue weighted by Gasteiger charge is 2.30. The minimum absolute atomic E-state index is 0.872. The summed E-state index contributed by atoms with van der Waals surface area (Å²) in [5.74, 6) is 0. The summed E-state index contributed by atoms with van der Waals surface area (Å²) in [6.45, 7) is 4.25. The molecule has 0 spiro atoms. The molecule has 6 heteroatoms. The van der Waals surface area contributed by atoms with Gasteiger partial charge in [-0.15, -0.1) is 0 Å². The average molecular weight is 947 g/mol. The Kier molecular flexibility index (Phi) is 7.78. The quantitative estimate of drug-likeness (QED) is 0.167. The molecule has 17 rings (SSSR count). The van der Waals surface area contributed by atoms with Crippen LogP contribution in [-0.2, 0) is 0 Å². The maximum Gasteiger partial charge on any atom is 0.159 e. The molecule has 0 saturated heterocycles. The number of hydrogen-bond acceptors (Lipinski definition) is 4. The van der Waals surface area contributed by atoms with Crippen molar-refractivity contribution in [3.63, 3.8) is 0 Å². The fraction of sp³-hybridized carbons (Fsp3) is 0.0294. The number of hydrogen-bond donors (Lipinski definition) is 0. The SMILES string of the molecule is Cc1cccc2c1oc1c(N(c3ccccc3)c3ccc4c5cc6c(cc5n5c7ccccc7c3c45)c3ccc(N(c4ccccc4)c4cccc5c4oc4c(C)cccc45)c4c5ccccc5n6c34)cccc12. The maximum atomic E-state index is 6.89. The van der Waals surface area contributed by atoms with Gasteiger partial charge in [-0.05, 0) is 97.8 Å². The number of fused-ring (bicyclic) bond motifs is 18. The van der Waals surface area contributed by atoms with Crippen LogP contribution in [0.2, 0.25) is 0 Å². The molecular weight excluding hydrogens is 905 g/mol. The Hall–Kier alpha value is -9.78. The summed E-state index contributed by atoms with van der Waals surface area (Å²) in [5.41, 5.74) is 19.3. The van der Waals surface area contributed by atoms with E-state index in [-0.39, 0.29) is 0 Å². The highest BCUT2D eigenvalue weighted by molar-refractivity contribution is 6.32. The number of anilines is 6. The van der Waals surface area contributed by atoms with Crippen molar-refractivity contribution in [2.24, 2.45) is 0 Å². The van der Waals surface area contributed by atoms with Crippen LogP contribution in [0.3, 0.4) is 0 Å². The minimum Gasteiger partial charge on any atom is -0.454 e. The van der Waals surface area contributed by atoms with E-state index in [1.165, 1.54) is 76.2 Å². The molecule has 0 atom stereocenters. The zero-order valence-electron chi connectivity index (χ0n) is 40.4. The number of rotatable bonds is 6. The van der Waals surface area contributed by atoms with Crippen LogP contribution in [0.1, 0.15) is 11.1 Å². The monoisotopic (exact) mass is 946 g/mol. The number of aryl methyl sites for hydroxylation is 2. The molecule has 0 amide bonds. The van der Waals surface area contributed by atoms with E-state index in [0.717, 1.165) is 89.1 Å². The van der Waals surface area contributed by atoms with Crippen LogP contribution < -0.4 is 9.80 Å². The lowest BCUT2D eigenvalue weighted by Crippen LogP contribution is -2.10. The highest BCUT2D eigenvalue weighted by atomic mass is 16.3. The fourth-order valence-corrected chi connectivity index (χ4v) is 13.1. The molecule has 0 fully saturated rings. The molecule has 0 unspecified atom stereocenters. The molecule has 0 saturated carbocycles. The van der Waals surface area contributed by atoms with Gasteiger partial charge in [0.05, 0.1) is 55.8 Å². The van der Waals surface area contributed by atoms with Crippen LogP contribution >= 0.6 is 0 Å². The van der Waals surface area contributed by atoms with E-state index in [9.17, 15) is 0 Å². The molecule has 346 valence electrons. The third kappa shape index (κ3) is 5.08. The van der Waals surface area contributed by atoms with E-state index < -0.39 is 0 Å². The lowest BCUT2D eigenvalue weighted by atomic mass is 10.0. The lowest BCUT2D eigenvalue weighted by molar-refractivity contribution is 0.665. The van der Waals surface area contributed by atoms with E-state index in [4.69, 9.17) is 8.83 Å². The maximum absolute atomic E-state index is 6.89. The first kappa shape index (κ1) is 39.9. The first-order valence-corrected chi connectivity index (χ1v) is 25.4. The number of furan rings is 2. The van der Waals surface area contributed by atoms with Crippen molar-refractivity contribution in [2.45, 2.75) is 13.8 Å². The van der Waals surface area contributed by atoms with Crippen LogP contribution in [0.4, 0.5) is 34.1 Å². The predicted octanol–water partition coefficient (Wildman–Crippen LogP) is 19.3. The number of benzene rings is 11. The Morgan fingerprint density at radius 1 is 0.284 bits per heavy atom. The van der Waals surface area contributed by atoms with E-state index in [0.29, 0.717) is 0 Å². The predicted molar refractivity (Wildman–Crippen MR) is 309 cm³/mol. The molecule has 0 N–H and O–H groups in total. The highest BCUT2D eigenvalue weighted by Crippen LogP contribution is 2.53. The van der Waals surface area contributed by atoms with Gasteiger partial charge in [-0.1, -0.05) is 146 Å². The molecule has 6 nitrogen and oxygen atoms in total. The Morgan fingerprint density at radius 2 is 0.662 bits per heavy atom. The molecule has 6 aromatic heterocycles. The van der Waals surface area contributed by atoms with Gasteiger partial charge in [0.2, 0.25) is 0 Å². The molecule has 0 radical (unpaired) electrons. The van der Waals surface area contributed by atoms with Gasteiger partial charge in [0.25, 0.3) is 0 Å². The Balaban J connectivity index is 0.946. The third-order valence-corrected chi connectivity index (χ3v) is 16.2. The van der Waals surface area contributed by atoms with Gasteiger partial charge in [0.15, 0.2) is 11.2 Å². The zero-order chi connectivity index (χ0) is 48.5. The summed E-state index contributed by atoms with van der Waals surface area (Å²) in [6, 6.07) is 79.6. The number of para-hydroxylation sites is 8. The van der Waals surface area contributed by atoms with Crippen LogP contribution in [0.5, 0.6) is 0 Å². The van der Waals surface area contributed by atoms with Crippen LogP contribution in [0, 0.1) is 13.8 Å². The topological polar surface area (TPSA) is 41.6 Å². The molecule has 0 aliphatic carbocycles. The molecule has 0 aliphatic heterocycles. The van der Waals surface area contributed by atoms with Crippen molar-refractivity contribution < 1.29 is 8.83 Å². The van der Waals surface area contributed by atoms with Crippen molar-refractivity contribution >= 4 is 154 Å². The molecule has 11 aromatic carbocycles.